The lowest BCUT2D eigenvalue weighted by molar-refractivity contribution is -0.123. The van der Waals surface area contributed by atoms with E-state index in [-0.39, 0.29) is 5.69 Å². The predicted octanol–water partition coefficient (Wildman–Crippen LogP) is 3.90. The largest absolute Gasteiger partial charge is 0.484 e. The Morgan fingerprint density at radius 3 is 2.50 bits per heavy atom. The van der Waals surface area contributed by atoms with Crippen LogP contribution in [0.15, 0.2) is 58.4 Å². The summed E-state index contributed by atoms with van der Waals surface area (Å²) in [5.74, 6) is -0.620. The van der Waals surface area contributed by atoms with Gasteiger partial charge < -0.3 is 4.74 Å². The molecule has 0 fully saturated rings. The van der Waals surface area contributed by atoms with Crippen molar-refractivity contribution < 1.29 is 22.7 Å². The van der Waals surface area contributed by atoms with Gasteiger partial charge in [0.2, 0.25) is 0 Å². The molecule has 11 heteroatoms. The molecule has 0 bridgehead atoms. The van der Waals surface area contributed by atoms with Crippen molar-refractivity contribution in [2.75, 3.05) is 6.61 Å². The van der Waals surface area contributed by atoms with E-state index in [1.54, 1.807) is 54.8 Å². The van der Waals surface area contributed by atoms with Crippen LogP contribution in [0.1, 0.15) is 16.8 Å². The fourth-order valence-corrected chi connectivity index (χ4v) is 2.97. The molecule has 3 rings (SSSR count). The lowest BCUT2D eigenvalue weighted by Gasteiger charge is -2.10. The Morgan fingerprint density at radius 1 is 1.19 bits per heavy atom. The van der Waals surface area contributed by atoms with E-state index < -0.39 is 35.5 Å². The summed E-state index contributed by atoms with van der Waals surface area (Å²) in [5, 5.41) is 6.30. The molecular formula is C21H18ClF3N4O3. The second-order valence-corrected chi connectivity index (χ2v) is 7.19. The number of H-pyrrole nitrogens is 1. The lowest BCUT2D eigenvalue weighted by atomic mass is 10.1. The molecule has 0 unspecified atom stereocenters. The van der Waals surface area contributed by atoms with Gasteiger partial charge in [0.15, 0.2) is 12.3 Å². The van der Waals surface area contributed by atoms with Gasteiger partial charge in [-0.3, -0.25) is 14.7 Å². The molecule has 0 spiro atoms. The van der Waals surface area contributed by atoms with Crippen molar-refractivity contribution in [3.63, 3.8) is 0 Å². The van der Waals surface area contributed by atoms with Gasteiger partial charge in [0, 0.05) is 10.7 Å². The minimum atomic E-state index is -5.00. The summed E-state index contributed by atoms with van der Waals surface area (Å²) in [6.07, 6.45) is -5.00. The Hall–Kier alpha value is -3.53. The van der Waals surface area contributed by atoms with Crippen LogP contribution < -0.4 is 15.7 Å². The molecule has 1 amide bonds. The number of halogens is 4. The molecule has 0 saturated carbocycles. The maximum absolute atomic E-state index is 13.7. The zero-order chi connectivity index (χ0) is 23.5. The maximum Gasteiger partial charge on any atom is 0.435 e. The van der Waals surface area contributed by atoms with Crippen LogP contribution in [0, 0.1) is 13.8 Å². The van der Waals surface area contributed by atoms with Gasteiger partial charge in [-0.05, 0) is 49.7 Å². The molecule has 7 nitrogen and oxygen atoms in total. The van der Waals surface area contributed by atoms with Gasteiger partial charge in [0.05, 0.1) is 11.3 Å². The summed E-state index contributed by atoms with van der Waals surface area (Å²) >= 11 is 5.91. The van der Waals surface area contributed by atoms with Crippen molar-refractivity contribution in [1.82, 2.24) is 15.2 Å². The second-order valence-electron chi connectivity index (χ2n) is 6.78. The highest BCUT2D eigenvalue weighted by Gasteiger charge is 2.41. The van der Waals surface area contributed by atoms with Gasteiger partial charge in [0.25, 0.3) is 11.5 Å². The zero-order valence-corrected chi connectivity index (χ0v) is 17.7. The highest BCUT2D eigenvalue weighted by Crippen LogP contribution is 2.23. The SMILES string of the molecule is Cc1cc(OCC(=O)N/N=C(/c2c(C)[nH]n(-c3ccccc3)c2=O)C(F)(F)F)ccc1Cl. The normalized spacial score (nSPS) is 12.0. The Bertz CT molecular complexity index is 1220. The average molecular weight is 467 g/mol. The number of hydrogen-bond donors (Lipinski definition) is 2. The van der Waals surface area contributed by atoms with Crippen molar-refractivity contribution in [2.45, 2.75) is 20.0 Å². The van der Waals surface area contributed by atoms with E-state index in [0.717, 1.165) is 4.68 Å². The van der Waals surface area contributed by atoms with Gasteiger partial charge in [0.1, 0.15) is 5.75 Å². The van der Waals surface area contributed by atoms with E-state index in [0.29, 0.717) is 22.0 Å². The molecule has 0 aliphatic rings. The van der Waals surface area contributed by atoms with Gasteiger partial charge in [-0.15, -0.1) is 0 Å². The molecule has 0 atom stereocenters. The molecule has 2 N–H and O–H groups in total. The first-order valence-corrected chi connectivity index (χ1v) is 9.66. The van der Waals surface area contributed by atoms with Crippen LogP contribution in [0.2, 0.25) is 5.02 Å². The Labute approximate surface area is 185 Å². The van der Waals surface area contributed by atoms with Crippen molar-refractivity contribution in [3.05, 3.63) is 80.7 Å². The number of carbonyl (C=O) groups excluding carboxylic acids is 1. The van der Waals surface area contributed by atoms with Crippen LogP contribution in [-0.2, 0) is 4.79 Å². The van der Waals surface area contributed by atoms with E-state index in [1.165, 1.54) is 13.0 Å². The number of benzene rings is 2. The number of aromatic amines is 1. The number of nitrogens with zero attached hydrogens (tertiary/aromatic N) is 2. The van der Waals surface area contributed by atoms with Crippen LogP contribution in [0.25, 0.3) is 5.69 Å². The number of alkyl halides is 3. The van der Waals surface area contributed by atoms with Crippen LogP contribution in [0.5, 0.6) is 5.75 Å². The lowest BCUT2D eigenvalue weighted by Crippen LogP contribution is -2.34. The number of carbonyl (C=O) groups is 1. The Morgan fingerprint density at radius 2 is 1.88 bits per heavy atom. The van der Waals surface area contributed by atoms with Gasteiger partial charge in [-0.25, -0.2) is 10.1 Å². The fourth-order valence-electron chi connectivity index (χ4n) is 2.85. The first-order valence-electron chi connectivity index (χ1n) is 9.28. The van der Waals surface area contributed by atoms with Crippen molar-refractivity contribution >= 4 is 23.2 Å². The first kappa shape index (κ1) is 23.1. The Balaban J connectivity index is 1.83. The second kappa shape index (κ2) is 9.31. The standard InChI is InChI=1S/C21H18ClF3N4O3/c1-12-10-15(8-9-16(12)22)32-11-17(30)26-27-19(21(23,24)25)18-13(2)28-29(20(18)31)14-6-4-3-5-7-14/h3-10,28H,11H2,1-2H3,(H,26,30)/b27-19-. The maximum atomic E-state index is 13.7. The minimum absolute atomic E-state index is 0.0583. The molecular weight excluding hydrogens is 449 g/mol. The summed E-state index contributed by atoms with van der Waals surface area (Å²) in [6.45, 7) is 2.46. The molecule has 3 aromatic rings. The van der Waals surface area contributed by atoms with Crippen molar-refractivity contribution in [1.29, 1.82) is 0 Å². The van der Waals surface area contributed by atoms with E-state index in [4.69, 9.17) is 16.3 Å². The first-order chi connectivity index (χ1) is 15.1. The van der Waals surface area contributed by atoms with Crippen LogP contribution in [0.3, 0.4) is 0 Å². The van der Waals surface area contributed by atoms with Crippen molar-refractivity contribution in [3.8, 4) is 11.4 Å². The fraction of sp³-hybridized carbons (Fsp3) is 0.190. The molecule has 1 heterocycles. The smallest absolute Gasteiger partial charge is 0.435 e. The summed E-state index contributed by atoms with van der Waals surface area (Å²) < 4.78 is 47.2. The zero-order valence-electron chi connectivity index (χ0n) is 17.0. The number of amides is 1. The molecule has 0 aliphatic heterocycles. The molecule has 0 radical (unpaired) electrons. The topological polar surface area (TPSA) is 88.5 Å². The number of hydrazone groups is 1. The molecule has 2 aromatic carbocycles. The van der Waals surface area contributed by atoms with Gasteiger partial charge in [-0.2, -0.15) is 18.3 Å². The highest BCUT2D eigenvalue weighted by atomic mass is 35.5. The minimum Gasteiger partial charge on any atom is -0.484 e. The number of aromatic nitrogens is 2. The summed E-state index contributed by atoms with van der Waals surface area (Å²) in [5.41, 5.74) is -0.372. The van der Waals surface area contributed by atoms with Gasteiger partial charge in [-0.1, -0.05) is 29.8 Å². The third kappa shape index (κ3) is 5.20. The number of hydrogen-bond acceptors (Lipinski definition) is 4. The molecule has 1 aromatic heterocycles. The monoisotopic (exact) mass is 466 g/mol. The summed E-state index contributed by atoms with van der Waals surface area (Å²) in [6, 6.07) is 12.8. The third-order valence-electron chi connectivity index (χ3n) is 4.38. The van der Waals surface area contributed by atoms with Gasteiger partial charge >= 0.3 is 6.18 Å². The van der Waals surface area contributed by atoms with E-state index in [9.17, 15) is 22.8 Å². The third-order valence-corrected chi connectivity index (χ3v) is 4.81. The average Bonchev–Trinajstić information content (AvgIpc) is 3.03. The number of nitrogens with one attached hydrogen (secondary N) is 2. The number of ether oxygens (including phenoxy) is 1. The summed E-state index contributed by atoms with van der Waals surface area (Å²) in [4.78, 5) is 24.7. The molecule has 0 aliphatic carbocycles. The highest BCUT2D eigenvalue weighted by molar-refractivity contribution is 6.31. The van der Waals surface area contributed by atoms with E-state index in [2.05, 4.69) is 10.2 Å². The van der Waals surface area contributed by atoms with E-state index in [1.807, 2.05) is 0 Å². The molecule has 0 saturated heterocycles. The van der Waals surface area contributed by atoms with Crippen LogP contribution in [-0.4, -0.2) is 34.2 Å². The van der Waals surface area contributed by atoms with E-state index >= 15 is 0 Å². The summed E-state index contributed by atoms with van der Waals surface area (Å²) in [7, 11) is 0. The number of aryl methyl sites for hydroxylation is 2. The Kier molecular flexibility index (Phi) is 6.73. The molecule has 32 heavy (non-hydrogen) atoms. The number of para-hydroxylation sites is 1. The molecule has 168 valence electrons. The van der Waals surface area contributed by atoms with Crippen molar-refractivity contribution in [2.24, 2.45) is 5.10 Å². The predicted molar refractivity (Wildman–Crippen MR) is 114 cm³/mol. The quantitative estimate of drug-likeness (QED) is 0.426. The number of rotatable bonds is 6. The van der Waals surface area contributed by atoms with Crippen LogP contribution in [0.4, 0.5) is 13.2 Å². The van der Waals surface area contributed by atoms with Crippen LogP contribution >= 0.6 is 11.6 Å².